The van der Waals surface area contributed by atoms with Gasteiger partial charge in [-0.1, -0.05) is 24.3 Å². The topological polar surface area (TPSA) is 23.6 Å². The van der Waals surface area contributed by atoms with Gasteiger partial charge in [-0.25, -0.2) is 4.39 Å². The third-order valence-corrected chi connectivity index (χ3v) is 4.93. The van der Waals surface area contributed by atoms with Crippen LogP contribution in [0.25, 0.3) is 0 Å². The van der Waals surface area contributed by atoms with Crippen molar-refractivity contribution in [3.8, 4) is 0 Å². The Morgan fingerprint density at radius 3 is 2.52 bits per heavy atom. The summed E-state index contributed by atoms with van der Waals surface area (Å²) in [5, 5.41) is 0. The van der Waals surface area contributed by atoms with E-state index in [1.165, 1.54) is 6.07 Å². The first-order chi connectivity index (χ1) is 12.1. The van der Waals surface area contributed by atoms with Crippen molar-refractivity contribution >= 4 is 17.3 Å². The smallest absolute Gasteiger partial charge is 0.230 e. The molecule has 0 atom stereocenters. The van der Waals surface area contributed by atoms with Crippen molar-refractivity contribution < 1.29 is 9.18 Å². The van der Waals surface area contributed by atoms with Crippen LogP contribution in [0.15, 0.2) is 48.5 Å². The number of hydrogen-bond acceptors (Lipinski definition) is 2. The Bertz CT molecular complexity index is 738. The van der Waals surface area contributed by atoms with E-state index in [1.54, 1.807) is 6.07 Å². The first kappa shape index (κ1) is 17.5. The van der Waals surface area contributed by atoms with Crippen molar-refractivity contribution in [1.82, 2.24) is 0 Å². The Morgan fingerprint density at radius 1 is 1.16 bits per heavy atom. The molecule has 1 saturated heterocycles. The van der Waals surface area contributed by atoms with Gasteiger partial charge < -0.3 is 9.80 Å². The van der Waals surface area contributed by atoms with Gasteiger partial charge in [-0.05, 0) is 56.5 Å². The van der Waals surface area contributed by atoms with Gasteiger partial charge in [0, 0.05) is 31.2 Å². The molecule has 0 radical (unpaired) electrons. The van der Waals surface area contributed by atoms with E-state index in [4.69, 9.17) is 0 Å². The quantitative estimate of drug-likeness (QED) is 0.823. The molecular formula is C21H25FN2O. The van der Waals surface area contributed by atoms with Crippen molar-refractivity contribution in [3.63, 3.8) is 0 Å². The second-order valence-electron chi connectivity index (χ2n) is 6.63. The minimum absolute atomic E-state index is 0.00323. The van der Waals surface area contributed by atoms with Crippen molar-refractivity contribution in [3.05, 3.63) is 59.9 Å². The SMILES string of the molecule is CCN(C(=O)C1CCN(c2ccccc2F)CC1)c1cccc(C)c1. The van der Waals surface area contributed by atoms with E-state index in [9.17, 15) is 9.18 Å². The predicted octanol–water partition coefficient (Wildman–Crippen LogP) is 4.40. The van der Waals surface area contributed by atoms with Crippen LogP contribution in [0.3, 0.4) is 0 Å². The van der Waals surface area contributed by atoms with Gasteiger partial charge in [0.1, 0.15) is 5.82 Å². The summed E-state index contributed by atoms with van der Waals surface area (Å²) in [5.41, 5.74) is 2.75. The zero-order valence-corrected chi connectivity index (χ0v) is 14.9. The Balaban J connectivity index is 1.67. The Labute approximate surface area is 149 Å². The maximum Gasteiger partial charge on any atom is 0.230 e. The molecule has 0 aromatic heterocycles. The molecule has 132 valence electrons. The highest BCUT2D eigenvalue weighted by Gasteiger charge is 2.29. The molecule has 3 rings (SSSR count). The number of para-hydroxylation sites is 1. The van der Waals surface area contributed by atoms with Gasteiger partial charge in [0.25, 0.3) is 0 Å². The molecule has 2 aromatic carbocycles. The molecule has 0 saturated carbocycles. The summed E-state index contributed by atoms with van der Waals surface area (Å²) in [7, 11) is 0. The highest BCUT2D eigenvalue weighted by molar-refractivity contribution is 5.95. The molecule has 2 aromatic rings. The van der Waals surface area contributed by atoms with E-state index in [1.807, 2.05) is 54.0 Å². The third kappa shape index (κ3) is 3.84. The second-order valence-corrected chi connectivity index (χ2v) is 6.63. The molecule has 3 nitrogen and oxygen atoms in total. The van der Waals surface area contributed by atoms with Crippen LogP contribution in [-0.2, 0) is 4.79 Å². The molecule has 25 heavy (non-hydrogen) atoms. The lowest BCUT2D eigenvalue weighted by Gasteiger charge is -2.35. The third-order valence-electron chi connectivity index (χ3n) is 4.93. The van der Waals surface area contributed by atoms with Gasteiger partial charge in [-0.2, -0.15) is 0 Å². The second kappa shape index (κ2) is 7.68. The van der Waals surface area contributed by atoms with E-state index in [0.29, 0.717) is 25.3 Å². The first-order valence-corrected chi connectivity index (χ1v) is 8.97. The number of nitrogens with zero attached hydrogens (tertiary/aromatic N) is 2. The Morgan fingerprint density at radius 2 is 1.88 bits per heavy atom. The lowest BCUT2D eigenvalue weighted by Crippen LogP contribution is -2.43. The number of aryl methyl sites for hydroxylation is 1. The number of rotatable bonds is 4. The molecule has 1 fully saturated rings. The van der Waals surface area contributed by atoms with Crippen molar-refractivity contribution in [2.24, 2.45) is 5.92 Å². The summed E-state index contributed by atoms with van der Waals surface area (Å²) in [4.78, 5) is 16.9. The summed E-state index contributed by atoms with van der Waals surface area (Å²) < 4.78 is 14.0. The Kier molecular flexibility index (Phi) is 5.37. The van der Waals surface area contributed by atoms with Crippen molar-refractivity contribution in [1.29, 1.82) is 0 Å². The van der Waals surface area contributed by atoms with Gasteiger partial charge >= 0.3 is 0 Å². The monoisotopic (exact) mass is 340 g/mol. The predicted molar refractivity (Wildman–Crippen MR) is 101 cm³/mol. The molecule has 1 heterocycles. The molecule has 0 N–H and O–H groups in total. The summed E-state index contributed by atoms with van der Waals surface area (Å²) in [6.45, 7) is 6.13. The fourth-order valence-corrected chi connectivity index (χ4v) is 3.56. The minimum atomic E-state index is -0.192. The van der Waals surface area contributed by atoms with Gasteiger partial charge in [-0.3, -0.25) is 4.79 Å². The number of anilines is 2. The zero-order valence-electron chi connectivity index (χ0n) is 14.9. The largest absolute Gasteiger partial charge is 0.369 e. The summed E-state index contributed by atoms with van der Waals surface area (Å²) >= 11 is 0. The van der Waals surface area contributed by atoms with Crippen LogP contribution in [0, 0.1) is 18.7 Å². The van der Waals surface area contributed by atoms with E-state index < -0.39 is 0 Å². The summed E-state index contributed by atoms with van der Waals surface area (Å²) in [5.74, 6) is -0.00742. The van der Waals surface area contributed by atoms with Crippen LogP contribution in [0.5, 0.6) is 0 Å². The summed E-state index contributed by atoms with van der Waals surface area (Å²) in [6, 6.07) is 14.9. The van der Waals surface area contributed by atoms with Crippen LogP contribution in [-0.4, -0.2) is 25.5 Å². The molecular weight excluding hydrogens is 315 g/mol. The molecule has 0 aliphatic carbocycles. The van der Waals surface area contributed by atoms with Gasteiger partial charge in [0.2, 0.25) is 5.91 Å². The van der Waals surface area contributed by atoms with Crippen LogP contribution >= 0.6 is 0 Å². The molecule has 1 amide bonds. The number of carbonyl (C=O) groups is 1. The number of halogens is 1. The number of amides is 1. The lowest BCUT2D eigenvalue weighted by molar-refractivity contribution is -0.122. The molecule has 0 bridgehead atoms. The van der Waals surface area contributed by atoms with E-state index >= 15 is 0 Å². The highest BCUT2D eigenvalue weighted by Crippen LogP contribution is 2.28. The number of carbonyl (C=O) groups excluding carboxylic acids is 1. The molecule has 1 aliphatic heterocycles. The fourth-order valence-electron chi connectivity index (χ4n) is 3.56. The van der Waals surface area contributed by atoms with Crippen LogP contribution in [0.1, 0.15) is 25.3 Å². The maximum absolute atomic E-state index is 14.0. The minimum Gasteiger partial charge on any atom is -0.369 e. The highest BCUT2D eigenvalue weighted by atomic mass is 19.1. The van der Waals surface area contributed by atoms with Crippen molar-refractivity contribution in [2.45, 2.75) is 26.7 Å². The number of benzene rings is 2. The first-order valence-electron chi connectivity index (χ1n) is 8.97. The molecule has 4 heteroatoms. The lowest BCUT2D eigenvalue weighted by atomic mass is 9.94. The van der Waals surface area contributed by atoms with Crippen LogP contribution in [0.2, 0.25) is 0 Å². The molecule has 0 unspecified atom stereocenters. The average Bonchev–Trinajstić information content (AvgIpc) is 2.63. The van der Waals surface area contributed by atoms with Crippen LogP contribution < -0.4 is 9.80 Å². The van der Waals surface area contributed by atoms with E-state index in [-0.39, 0.29) is 17.6 Å². The van der Waals surface area contributed by atoms with Gasteiger partial charge in [0.05, 0.1) is 5.69 Å². The normalized spacial score (nSPS) is 15.2. The molecule has 1 aliphatic rings. The van der Waals surface area contributed by atoms with E-state index in [0.717, 1.165) is 24.1 Å². The average molecular weight is 340 g/mol. The fraction of sp³-hybridized carbons (Fsp3) is 0.381. The van der Waals surface area contributed by atoms with Gasteiger partial charge in [0.15, 0.2) is 0 Å². The number of piperidine rings is 1. The Hall–Kier alpha value is -2.36. The van der Waals surface area contributed by atoms with Crippen molar-refractivity contribution in [2.75, 3.05) is 29.4 Å². The summed E-state index contributed by atoms with van der Waals surface area (Å²) in [6.07, 6.45) is 1.52. The van der Waals surface area contributed by atoms with E-state index in [2.05, 4.69) is 6.07 Å². The maximum atomic E-state index is 14.0. The zero-order chi connectivity index (χ0) is 17.8. The van der Waals surface area contributed by atoms with Gasteiger partial charge in [-0.15, -0.1) is 0 Å². The molecule has 0 spiro atoms. The number of hydrogen-bond donors (Lipinski definition) is 0. The standard InChI is InChI=1S/C21H25FN2O/c1-3-24(18-8-6-7-16(2)15-18)21(25)17-11-13-23(14-12-17)20-10-5-4-9-19(20)22/h4-10,15,17H,3,11-14H2,1-2H3. The van der Waals surface area contributed by atoms with Crippen LogP contribution in [0.4, 0.5) is 15.8 Å².